The Hall–Kier alpha value is -0.600. The molecule has 8 nitrogen and oxygen atoms in total. The second-order valence-electron chi connectivity index (χ2n) is 14.5. The number of phosphoric acid groups is 1. The fourth-order valence-corrected chi connectivity index (χ4v) is 7.24. The summed E-state index contributed by atoms with van der Waals surface area (Å²) in [7, 11) is -4.58. The van der Waals surface area contributed by atoms with Gasteiger partial charge in [-0.3, -0.25) is 14.2 Å². The largest absolute Gasteiger partial charge is 0.756 e. The summed E-state index contributed by atoms with van der Waals surface area (Å²) in [6, 6.07) is 0. The molecule has 0 aromatic carbocycles. The highest BCUT2D eigenvalue weighted by Gasteiger charge is 2.21. The number of ether oxygens (including phenoxy) is 2. The van der Waals surface area contributed by atoms with Gasteiger partial charge in [0, 0.05) is 18.6 Å². The Balaban J connectivity index is 4.11. The average molecular weight is 764 g/mol. The number of hydrogen-bond donors (Lipinski definition) is 1. The van der Waals surface area contributed by atoms with Gasteiger partial charge in [0.05, 0.1) is 13.2 Å². The quantitative estimate of drug-likeness (QED) is 0.0283. The van der Waals surface area contributed by atoms with Crippen molar-refractivity contribution in [1.82, 2.24) is 0 Å². The van der Waals surface area contributed by atoms with E-state index in [0.717, 1.165) is 32.1 Å². The van der Waals surface area contributed by atoms with Crippen LogP contribution >= 0.6 is 20.5 Å². The van der Waals surface area contributed by atoms with Gasteiger partial charge in [0.1, 0.15) is 6.61 Å². The second kappa shape index (κ2) is 39.1. The SMILES string of the molecule is CCCCCCCCCCCCCCCCCC(=O)OCC(COP(=O)([O-])OCCS)OC(=O)CCCCCCCCCCCCCCCCC. The smallest absolute Gasteiger partial charge is 0.306 e. The van der Waals surface area contributed by atoms with Crippen molar-refractivity contribution in [2.75, 3.05) is 25.6 Å². The Morgan fingerprint density at radius 3 is 1.20 bits per heavy atom. The first-order valence-electron chi connectivity index (χ1n) is 21.4. The lowest BCUT2D eigenvalue weighted by Crippen LogP contribution is -2.30. The Morgan fingerprint density at radius 1 is 0.510 bits per heavy atom. The number of hydrogen-bond acceptors (Lipinski definition) is 9. The first-order chi connectivity index (χ1) is 24.8. The third-order valence-corrected chi connectivity index (χ3v) is 10.6. The molecule has 51 heavy (non-hydrogen) atoms. The van der Waals surface area contributed by atoms with Crippen LogP contribution in [0.4, 0.5) is 0 Å². The third kappa shape index (κ3) is 38.9. The predicted molar refractivity (Wildman–Crippen MR) is 213 cm³/mol. The van der Waals surface area contributed by atoms with Crippen LogP contribution in [0, 0.1) is 0 Å². The molecule has 304 valence electrons. The molecule has 0 rings (SSSR count). The Morgan fingerprint density at radius 2 is 0.843 bits per heavy atom. The van der Waals surface area contributed by atoms with E-state index in [9.17, 15) is 19.0 Å². The van der Waals surface area contributed by atoms with Gasteiger partial charge in [-0.25, -0.2) is 0 Å². The van der Waals surface area contributed by atoms with Crippen LogP contribution in [0.25, 0.3) is 0 Å². The zero-order valence-electron chi connectivity index (χ0n) is 33.2. The maximum absolute atomic E-state index is 12.6. The summed E-state index contributed by atoms with van der Waals surface area (Å²) in [5.41, 5.74) is 0. The number of phosphoric ester groups is 1. The number of unbranched alkanes of at least 4 members (excludes halogenated alkanes) is 28. The third-order valence-electron chi connectivity index (χ3n) is 9.46. The van der Waals surface area contributed by atoms with Crippen molar-refractivity contribution in [2.45, 2.75) is 225 Å². The lowest BCUT2D eigenvalue weighted by atomic mass is 10.0. The van der Waals surface area contributed by atoms with Gasteiger partial charge in [0.15, 0.2) is 6.10 Å². The number of carbonyl (C=O) groups is 2. The molecule has 0 aromatic heterocycles. The van der Waals surface area contributed by atoms with E-state index >= 15 is 0 Å². The van der Waals surface area contributed by atoms with Crippen LogP contribution in [-0.2, 0) is 32.7 Å². The van der Waals surface area contributed by atoms with Crippen LogP contribution in [0.15, 0.2) is 0 Å². The van der Waals surface area contributed by atoms with Crippen LogP contribution in [0.2, 0.25) is 0 Å². The highest BCUT2D eigenvalue weighted by molar-refractivity contribution is 7.80. The molecule has 2 atom stereocenters. The van der Waals surface area contributed by atoms with Crippen LogP contribution in [0.1, 0.15) is 219 Å². The molecule has 0 aliphatic rings. The molecule has 0 amide bonds. The number of rotatable bonds is 41. The van der Waals surface area contributed by atoms with Gasteiger partial charge < -0.3 is 23.4 Å². The lowest BCUT2D eigenvalue weighted by molar-refractivity contribution is -0.227. The molecule has 2 unspecified atom stereocenters. The molecule has 0 aromatic rings. The van der Waals surface area contributed by atoms with Crippen LogP contribution in [-0.4, -0.2) is 43.6 Å². The molecule has 0 aliphatic heterocycles. The zero-order valence-corrected chi connectivity index (χ0v) is 35.0. The van der Waals surface area contributed by atoms with Crippen molar-refractivity contribution in [2.24, 2.45) is 0 Å². The molecular weight excluding hydrogens is 683 g/mol. The summed E-state index contributed by atoms with van der Waals surface area (Å²) in [6.45, 7) is 3.67. The summed E-state index contributed by atoms with van der Waals surface area (Å²) in [5, 5.41) is 0. The van der Waals surface area contributed by atoms with Gasteiger partial charge in [-0.15, -0.1) is 0 Å². The van der Waals surface area contributed by atoms with Gasteiger partial charge in [-0.1, -0.05) is 194 Å². The Bertz CT molecular complexity index is 815. The summed E-state index contributed by atoms with van der Waals surface area (Å²) in [4.78, 5) is 37.0. The van der Waals surface area contributed by atoms with E-state index in [0.29, 0.717) is 6.42 Å². The van der Waals surface area contributed by atoms with E-state index in [2.05, 4.69) is 26.5 Å². The second-order valence-corrected chi connectivity index (χ2v) is 16.4. The molecule has 0 saturated carbocycles. The van der Waals surface area contributed by atoms with Crippen molar-refractivity contribution in [3.05, 3.63) is 0 Å². The van der Waals surface area contributed by atoms with Crippen molar-refractivity contribution in [1.29, 1.82) is 0 Å². The monoisotopic (exact) mass is 764 g/mol. The van der Waals surface area contributed by atoms with E-state index in [1.165, 1.54) is 154 Å². The lowest BCUT2D eigenvalue weighted by Gasteiger charge is -2.25. The number of carbonyl (C=O) groups excluding carboxylic acids is 2. The van der Waals surface area contributed by atoms with Crippen molar-refractivity contribution in [3.8, 4) is 0 Å². The van der Waals surface area contributed by atoms with Crippen LogP contribution in [0.5, 0.6) is 0 Å². The first kappa shape index (κ1) is 50.4. The van der Waals surface area contributed by atoms with Crippen molar-refractivity contribution < 1.29 is 37.6 Å². The molecule has 0 saturated heterocycles. The summed E-state index contributed by atoms with van der Waals surface area (Å²) in [6.07, 6.45) is 36.8. The molecule has 0 spiro atoms. The zero-order chi connectivity index (χ0) is 37.5. The molecule has 10 heteroatoms. The maximum Gasteiger partial charge on any atom is 0.306 e. The maximum atomic E-state index is 12.6. The van der Waals surface area contributed by atoms with E-state index in [1.807, 2.05) is 0 Å². The van der Waals surface area contributed by atoms with E-state index in [4.69, 9.17) is 18.5 Å². The molecule has 0 aliphatic carbocycles. The topological polar surface area (TPSA) is 111 Å². The number of esters is 2. The molecule has 0 bridgehead atoms. The highest BCUT2D eigenvalue weighted by Crippen LogP contribution is 2.38. The van der Waals surface area contributed by atoms with E-state index in [1.54, 1.807) is 0 Å². The highest BCUT2D eigenvalue weighted by atomic mass is 32.1. The standard InChI is InChI=1S/C41H81O8PS/c1-3-5-7-9-11-13-15-17-19-21-23-25-27-29-31-33-40(42)46-37-39(38-48-50(44,45)47-35-36-51)49-41(43)34-32-30-28-26-24-22-20-18-16-14-12-10-8-6-4-2/h39,51H,3-38H2,1-2H3,(H,44,45)/p-1. The van der Waals surface area contributed by atoms with E-state index < -0.39 is 26.5 Å². The van der Waals surface area contributed by atoms with E-state index in [-0.39, 0.29) is 37.8 Å². The molecular formula is C41H80O8PS-. The van der Waals surface area contributed by atoms with Gasteiger partial charge in [0.2, 0.25) is 0 Å². The molecule has 0 radical (unpaired) electrons. The molecule has 0 N–H and O–H groups in total. The summed E-state index contributed by atoms with van der Waals surface area (Å²) < 4.78 is 32.5. The predicted octanol–water partition coefficient (Wildman–Crippen LogP) is 12.4. The minimum Gasteiger partial charge on any atom is -0.756 e. The van der Waals surface area contributed by atoms with Gasteiger partial charge in [0.25, 0.3) is 7.82 Å². The van der Waals surface area contributed by atoms with Crippen molar-refractivity contribution in [3.63, 3.8) is 0 Å². The average Bonchev–Trinajstić information content (AvgIpc) is 3.11. The van der Waals surface area contributed by atoms with Gasteiger partial charge >= 0.3 is 11.9 Å². The first-order valence-corrected chi connectivity index (χ1v) is 23.5. The summed E-state index contributed by atoms with van der Waals surface area (Å²) in [5.74, 6) is -0.622. The van der Waals surface area contributed by atoms with Crippen LogP contribution in [0.3, 0.4) is 0 Å². The Kier molecular flexibility index (Phi) is 38.6. The fourth-order valence-electron chi connectivity index (χ4n) is 6.26. The normalized spacial score (nSPS) is 13.3. The summed E-state index contributed by atoms with van der Waals surface area (Å²) >= 11 is 3.95. The van der Waals surface area contributed by atoms with Crippen LogP contribution < -0.4 is 4.89 Å². The molecule has 0 fully saturated rings. The fraction of sp³-hybridized carbons (Fsp3) is 0.951. The minimum atomic E-state index is -4.58. The molecule has 0 heterocycles. The minimum absolute atomic E-state index is 0.123. The Labute approximate surface area is 320 Å². The van der Waals surface area contributed by atoms with Gasteiger partial charge in [-0.05, 0) is 12.8 Å². The number of thiol groups is 1. The van der Waals surface area contributed by atoms with Gasteiger partial charge in [-0.2, -0.15) is 12.6 Å². The van der Waals surface area contributed by atoms with Crippen molar-refractivity contribution >= 4 is 32.4 Å².